The van der Waals surface area contributed by atoms with E-state index in [0.717, 1.165) is 16.7 Å². The number of nitrogens with one attached hydrogen (secondary N) is 2. The SMILES string of the molecule is NC(N)=NCCC[C@H](NC(=O)[C@@H]1[C@@H](OCc2ccccc2)CCN1C(=O)[C@@H](CCc1ccccc1)NC(=O)OCc1ccccc1)C(=O)c1nc2ccccc2o1. The number of aryl methyl sites for hydroxylation is 1. The number of Topliss-reactive ketones (excluding diaryl/α,β-unsaturated/α-hetero) is 1. The molecule has 6 N–H and O–H groups in total. The van der Waals surface area contributed by atoms with Crippen molar-refractivity contribution in [2.45, 2.75) is 69.5 Å². The third-order valence-electron chi connectivity index (χ3n) is 9.65. The molecule has 0 aliphatic carbocycles. The Morgan fingerprint density at radius 2 is 1.42 bits per heavy atom. The number of aromatic nitrogens is 1. The molecule has 296 valence electrons. The van der Waals surface area contributed by atoms with E-state index in [2.05, 4.69) is 20.6 Å². The number of benzene rings is 4. The zero-order valence-electron chi connectivity index (χ0n) is 31.5. The van der Waals surface area contributed by atoms with Crippen molar-refractivity contribution in [3.8, 4) is 0 Å². The van der Waals surface area contributed by atoms with E-state index in [1.165, 1.54) is 4.90 Å². The van der Waals surface area contributed by atoms with Gasteiger partial charge in [-0.3, -0.25) is 19.4 Å². The van der Waals surface area contributed by atoms with Crippen LogP contribution < -0.4 is 22.1 Å². The summed E-state index contributed by atoms with van der Waals surface area (Å²) in [7, 11) is 0. The van der Waals surface area contributed by atoms with Crippen LogP contribution in [0.3, 0.4) is 0 Å². The Balaban J connectivity index is 1.25. The number of para-hydroxylation sites is 2. The maximum atomic E-state index is 14.6. The van der Waals surface area contributed by atoms with Gasteiger partial charge in [-0.1, -0.05) is 103 Å². The van der Waals surface area contributed by atoms with Crippen LogP contribution in [0.25, 0.3) is 11.1 Å². The van der Waals surface area contributed by atoms with Crippen molar-refractivity contribution in [2.75, 3.05) is 13.1 Å². The maximum Gasteiger partial charge on any atom is 0.408 e. The Kier molecular flexibility index (Phi) is 14.0. The summed E-state index contributed by atoms with van der Waals surface area (Å²) in [5, 5.41) is 5.66. The van der Waals surface area contributed by atoms with Crippen LogP contribution in [-0.4, -0.2) is 76.9 Å². The van der Waals surface area contributed by atoms with Gasteiger partial charge in [0.1, 0.15) is 24.2 Å². The van der Waals surface area contributed by atoms with Gasteiger partial charge in [0, 0.05) is 13.1 Å². The van der Waals surface area contributed by atoms with Crippen LogP contribution in [-0.2, 0) is 38.7 Å². The van der Waals surface area contributed by atoms with Gasteiger partial charge in [-0.05, 0) is 60.9 Å². The molecule has 3 amide bonds. The molecule has 57 heavy (non-hydrogen) atoms. The van der Waals surface area contributed by atoms with Crippen LogP contribution in [0.4, 0.5) is 4.79 Å². The predicted molar refractivity (Wildman–Crippen MR) is 214 cm³/mol. The van der Waals surface area contributed by atoms with E-state index in [-0.39, 0.29) is 51.0 Å². The van der Waals surface area contributed by atoms with Crippen LogP contribution in [0.1, 0.15) is 53.1 Å². The van der Waals surface area contributed by atoms with Crippen molar-refractivity contribution in [1.82, 2.24) is 20.5 Å². The molecule has 4 aromatic carbocycles. The number of amides is 3. The fourth-order valence-corrected chi connectivity index (χ4v) is 6.75. The zero-order valence-corrected chi connectivity index (χ0v) is 31.5. The summed E-state index contributed by atoms with van der Waals surface area (Å²) in [6.07, 6.45) is -0.00615. The molecule has 1 aliphatic rings. The Morgan fingerprint density at radius 1 is 0.789 bits per heavy atom. The van der Waals surface area contributed by atoms with E-state index in [9.17, 15) is 19.2 Å². The summed E-state index contributed by atoms with van der Waals surface area (Å²) in [6.45, 7) is 0.562. The minimum absolute atomic E-state index is 0.00903. The average molecular weight is 774 g/mol. The first kappa shape index (κ1) is 40.1. The number of guanidine groups is 1. The lowest BCUT2D eigenvalue weighted by Gasteiger charge is -2.31. The molecule has 6 rings (SSSR count). The fraction of sp³-hybridized carbons (Fsp3) is 0.302. The Labute approximate surface area is 330 Å². The van der Waals surface area contributed by atoms with Gasteiger partial charge in [0.05, 0.1) is 18.8 Å². The monoisotopic (exact) mass is 773 g/mol. The number of ether oxygens (including phenoxy) is 2. The van der Waals surface area contributed by atoms with Crippen molar-refractivity contribution in [3.05, 3.63) is 138 Å². The van der Waals surface area contributed by atoms with Crippen molar-refractivity contribution in [1.29, 1.82) is 0 Å². The summed E-state index contributed by atoms with van der Waals surface area (Å²) in [5.74, 6) is -1.91. The van der Waals surface area contributed by atoms with Gasteiger partial charge in [-0.2, -0.15) is 0 Å². The highest BCUT2D eigenvalue weighted by atomic mass is 16.5. The van der Waals surface area contributed by atoms with Crippen molar-refractivity contribution in [3.63, 3.8) is 0 Å². The summed E-state index contributed by atoms with van der Waals surface area (Å²) < 4.78 is 17.6. The summed E-state index contributed by atoms with van der Waals surface area (Å²) >= 11 is 0. The average Bonchev–Trinajstić information content (AvgIpc) is 3.87. The second-order valence-electron chi connectivity index (χ2n) is 13.7. The lowest BCUT2D eigenvalue weighted by atomic mass is 10.0. The first-order valence-electron chi connectivity index (χ1n) is 19.0. The third-order valence-corrected chi connectivity index (χ3v) is 9.65. The summed E-state index contributed by atoms with van der Waals surface area (Å²) in [4.78, 5) is 66.2. The maximum absolute atomic E-state index is 14.6. The smallest absolute Gasteiger partial charge is 0.408 e. The molecule has 0 spiro atoms. The second-order valence-corrected chi connectivity index (χ2v) is 13.7. The number of nitrogens with zero attached hydrogens (tertiary/aromatic N) is 3. The number of carbonyl (C=O) groups is 4. The van der Waals surface area contributed by atoms with Crippen molar-refractivity contribution < 1.29 is 33.1 Å². The van der Waals surface area contributed by atoms with Crippen LogP contribution in [0.2, 0.25) is 0 Å². The van der Waals surface area contributed by atoms with Crippen LogP contribution in [0.5, 0.6) is 0 Å². The number of hydrogen-bond donors (Lipinski definition) is 4. The fourth-order valence-electron chi connectivity index (χ4n) is 6.75. The van der Waals surface area contributed by atoms with E-state index < -0.39 is 47.9 Å². The van der Waals surface area contributed by atoms with Gasteiger partial charge in [0.2, 0.25) is 17.6 Å². The van der Waals surface area contributed by atoms with Crippen molar-refractivity contribution >= 4 is 40.8 Å². The molecule has 0 unspecified atom stereocenters. The molecule has 1 saturated heterocycles. The normalized spacial score (nSPS) is 16.0. The molecule has 1 fully saturated rings. The molecule has 1 aliphatic heterocycles. The number of hydrogen-bond acceptors (Lipinski definition) is 9. The largest absolute Gasteiger partial charge is 0.445 e. The van der Waals surface area contributed by atoms with Gasteiger partial charge >= 0.3 is 6.09 Å². The van der Waals surface area contributed by atoms with Gasteiger partial charge in [-0.15, -0.1) is 0 Å². The highest BCUT2D eigenvalue weighted by molar-refractivity contribution is 6.01. The second kappa shape index (κ2) is 19.9. The van der Waals surface area contributed by atoms with Gasteiger partial charge < -0.3 is 40.9 Å². The predicted octanol–water partition coefficient (Wildman–Crippen LogP) is 4.66. The molecular weight excluding hydrogens is 727 g/mol. The lowest BCUT2D eigenvalue weighted by Crippen LogP contribution is -2.58. The van der Waals surface area contributed by atoms with Gasteiger partial charge in [0.15, 0.2) is 11.5 Å². The summed E-state index contributed by atoms with van der Waals surface area (Å²) in [6, 6.07) is 31.9. The number of nitrogens with two attached hydrogens (primary N) is 2. The number of ketones is 1. The highest BCUT2D eigenvalue weighted by Gasteiger charge is 2.45. The molecular formula is C43H47N7O7. The Bertz CT molecular complexity index is 2090. The first-order chi connectivity index (χ1) is 27.7. The molecule has 0 saturated carbocycles. The minimum atomic E-state index is -1.15. The number of fused-ring (bicyclic) bond motifs is 1. The van der Waals surface area contributed by atoms with Gasteiger partial charge in [-0.25, -0.2) is 9.78 Å². The standard InChI is InChI=1S/C43H47N7O7/c44-42(45)46-25-12-20-33(38(51)40-48-32-19-10-11-21-35(32)57-40)47-39(52)37-36(55-27-30-15-6-2-7-16-30)24-26-50(37)41(53)34(23-22-29-13-4-1-5-14-29)49-43(54)56-28-31-17-8-3-9-18-31/h1-11,13-19,21,33-34,36-37H,12,20,22-28H2,(H,47,52)(H,49,54)(H4,44,45,46)/t33-,34+,36-,37-/m0/s1. The number of rotatable bonds is 18. The quantitative estimate of drug-likeness (QED) is 0.0420. The number of alkyl carbamates (subject to hydrolysis) is 1. The minimum Gasteiger partial charge on any atom is -0.445 e. The molecule has 5 aromatic rings. The molecule has 0 bridgehead atoms. The van der Waals surface area contributed by atoms with E-state index in [1.54, 1.807) is 24.3 Å². The molecule has 2 heterocycles. The molecule has 0 radical (unpaired) electrons. The van der Waals surface area contributed by atoms with Crippen molar-refractivity contribution in [2.24, 2.45) is 16.5 Å². The van der Waals surface area contributed by atoms with E-state index >= 15 is 0 Å². The Morgan fingerprint density at radius 3 is 2.09 bits per heavy atom. The van der Waals surface area contributed by atoms with E-state index in [4.69, 9.17) is 25.4 Å². The lowest BCUT2D eigenvalue weighted by molar-refractivity contribution is -0.143. The third kappa shape index (κ3) is 11.3. The highest BCUT2D eigenvalue weighted by Crippen LogP contribution is 2.26. The molecule has 14 nitrogen and oxygen atoms in total. The topological polar surface area (TPSA) is 204 Å². The summed E-state index contributed by atoms with van der Waals surface area (Å²) in [5.41, 5.74) is 14.6. The van der Waals surface area contributed by atoms with E-state index in [0.29, 0.717) is 30.4 Å². The van der Waals surface area contributed by atoms with Crippen LogP contribution in [0, 0.1) is 0 Å². The molecule has 1 aromatic heterocycles. The number of likely N-dealkylation sites (tertiary alicyclic amines) is 1. The zero-order chi connectivity index (χ0) is 40.0. The van der Waals surface area contributed by atoms with Crippen LogP contribution >= 0.6 is 0 Å². The number of carbonyl (C=O) groups excluding carboxylic acids is 4. The molecule has 4 atom stereocenters. The van der Waals surface area contributed by atoms with Crippen LogP contribution in [0.15, 0.2) is 125 Å². The number of aliphatic imine (C=N–C) groups is 1. The van der Waals surface area contributed by atoms with Gasteiger partial charge in [0.25, 0.3) is 5.89 Å². The first-order valence-corrected chi connectivity index (χ1v) is 19.0. The van der Waals surface area contributed by atoms with E-state index in [1.807, 2.05) is 91.0 Å². The Hall–Kier alpha value is -6.54. The molecule has 14 heteroatoms. The number of oxazole rings is 1.